The number of nitrogens with one attached hydrogen (secondary N) is 2. The molecule has 4 aromatic rings. The molecule has 4 aliphatic rings. The Hall–Kier alpha value is -4.38. The van der Waals surface area contributed by atoms with Crippen molar-refractivity contribution in [3.8, 4) is 11.3 Å². The molecule has 3 fully saturated rings. The van der Waals surface area contributed by atoms with E-state index >= 15 is 4.39 Å². The van der Waals surface area contributed by atoms with Gasteiger partial charge in [0.05, 0.1) is 40.0 Å². The third kappa shape index (κ3) is 5.77. The third-order valence-corrected chi connectivity index (χ3v) is 12.0. The number of fused-ring (bicyclic) bond motifs is 2. The van der Waals surface area contributed by atoms with Gasteiger partial charge in [-0.05, 0) is 122 Å². The fourth-order valence-corrected chi connectivity index (χ4v) is 8.34. The van der Waals surface area contributed by atoms with Gasteiger partial charge >= 0.3 is 0 Å². The number of piperidine rings is 1. The molecule has 51 heavy (non-hydrogen) atoms. The monoisotopic (exact) mass is 692 g/mol. The van der Waals surface area contributed by atoms with Crippen LogP contribution in [0.1, 0.15) is 114 Å². The average Bonchev–Trinajstić information content (AvgIpc) is 3.67. The van der Waals surface area contributed by atoms with E-state index in [1.54, 1.807) is 25.5 Å². The summed E-state index contributed by atoms with van der Waals surface area (Å²) in [6, 6.07) is 7.68. The summed E-state index contributed by atoms with van der Waals surface area (Å²) >= 11 is 0. The standard InChI is InChI=1S/C40H49FN8O2/c1-7-40(11-12-40)46-37(50)28-19-31(29(41)15-24(28)4)45-36-34-32(43-22-48(34)23(2)3)20-30(44-36)25-16-33-35(42-21-25)39(5,6)38(51)49(33)27-17-26(18-27)47-13-9-8-10-14-47/h15-16,19-23,26-27H,7-14,17-18H2,1-6H3,(H,44,45)(H,46,50). The highest BCUT2D eigenvalue weighted by atomic mass is 19.1. The van der Waals surface area contributed by atoms with Crippen LogP contribution in [0.3, 0.4) is 0 Å². The Labute approximate surface area is 299 Å². The van der Waals surface area contributed by atoms with Gasteiger partial charge in [0.1, 0.15) is 11.3 Å². The quantitative estimate of drug-likeness (QED) is 0.186. The summed E-state index contributed by atoms with van der Waals surface area (Å²) in [5.74, 6) is -0.163. The molecule has 0 spiro atoms. The molecule has 0 bridgehead atoms. The lowest BCUT2D eigenvalue weighted by molar-refractivity contribution is -0.123. The maximum absolute atomic E-state index is 15.7. The van der Waals surface area contributed by atoms with Crippen LogP contribution in [0.25, 0.3) is 22.3 Å². The first-order valence-electron chi connectivity index (χ1n) is 18.7. The summed E-state index contributed by atoms with van der Waals surface area (Å²) < 4.78 is 17.7. The van der Waals surface area contributed by atoms with Crippen molar-refractivity contribution in [3.63, 3.8) is 0 Å². The van der Waals surface area contributed by atoms with Crippen molar-refractivity contribution >= 4 is 40.0 Å². The molecule has 268 valence electrons. The Morgan fingerprint density at radius 2 is 1.78 bits per heavy atom. The maximum Gasteiger partial charge on any atom is 0.252 e. The highest BCUT2D eigenvalue weighted by Crippen LogP contribution is 2.47. The van der Waals surface area contributed by atoms with Crippen LogP contribution in [0.2, 0.25) is 0 Å². The van der Waals surface area contributed by atoms with Crippen LogP contribution in [0.5, 0.6) is 0 Å². The molecule has 2 amide bonds. The molecule has 8 rings (SSSR count). The van der Waals surface area contributed by atoms with Crippen molar-refractivity contribution in [1.82, 2.24) is 29.7 Å². The summed E-state index contributed by atoms with van der Waals surface area (Å²) in [7, 11) is 0. The smallest absolute Gasteiger partial charge is 0.252 e. The number of carbonyl (C=O) groups is 2. The minimum Gasteiger partial charge on any atom is -0.347 e. The summed E-state index contributed by atoms with van der Waals surface area (Å²) in [6.45, 7) is 14.2. The average molecular weight is 693 g/mol. The number of halogens is 1. The summed E-state index contributed by atoms with van der Waals surface area (Å²) in [4.78, 5) is 46.6. The molecule has 2 N–H and O–H groups in total. The van der Waals surface area contributed by atoms with Gasteiger partial charge < -0.3 is 25.0 Å². The Morgan fingerprint density at radius 1 is 1.04 bits per heavy atom. The second-order valence-electron chi connectivity index (χ2n) is 16.1. The Kier molecular flexibility index (Phi) is 8.20. The second kappa shape index (κ2) is 12.4. The normalized spacial score (nSPS) is 22.3. The molecule has 0 atom stereocenters. The van der Waals surface area contributed by atoms with Gasteiger partial charge in [0.2, 0.25) is 5.91 Å². The lowest BCUT2D eigenvalue weighted by Gasteiger charge is -2.47. The lowest BCUT2D eigenvalue weighted by Crippen LogP contribution is -2.57. The molecule has 0 unspecified atom stereocenters. The zero-order chi connectivity index (χ0) is 35.8. The molecule has 5 heterocycles. The fourth-order valence-electron chi connectivity index (χ4n) is 8.34. The second-order valence-corrected chi connectivity index (χ2v) is 16.1. The van der Waals surface area contributed by atoms with Gasteiger partial charge in [0.15, 0.2) is 5.82 Å². The van der Waals surface area contributed by atoms with Crippen LogP contribution in [-0.4, -0.2) is 66.9 Å². The summed E-state index contributed by atoms with van der Waals surface area (Å²) in [5.41, 5.74) is 4.67. The first-order valence-corrected chi connectivity index (χ1v) is 18.7. The Bertz CT molecular complexity index is 2040. The van der Waals surface area contributed by atoms with Crippen LogP contribution in [-0.2, 0) is 10.2 Å². The van der Waals surface area contributed by atoms with Crippen molar-refractivity contribution in [1.29, 1.82) is 0 Å². The van der Waals surface area contributed by atoms with Gasteiger partial charge in [0, 0.05) is 41.0 Å². The number of hydrogen-bond acceptors (Lipinski definition) is 7. The number of nitrogens with zero attached hydrogens (tertiary/aromatic N) is 6. The molecule has 0 radical (unpaired) electrons. The first-order chi connectivity index (χ1) is 24.4. The number of likely N-dealkylation sites (tertiary alicyclic amines) is 1. The predicted octanol–water partition coefficient (Wildman–Crippen LogP) is 7.58. The van der Waals surface area contributed by atoms with Crippen molar-refractivity contribution in [2.45, 2.75) is 122 Å². The van der Waals surface area contributed by atoms with Crippen molar-refractivity contribution in [2.24, 2.45) is 0 Å². The van der Waals surface area contributed by atoms with Crippen molar-refractivity contribution < 1.29 is 14.0 Å². The van der Waals surface area contributed by atoms with E-state index < -0.39 is 11.2 Å². The first kappa shape index (κ1) is 33.7. The Morgan fingerprint density at radius 3 is 2.47 bits per heavy atom. The van der Waals surface area contributed by atoms with E-state index in [0.717, 1.165) is 67.7 Å². The van der Waals surface area contributed by atoms with E-state index in [1.165, 1.54) is 25.3 Å². The van der Waals surface area contributed by atoms with Crippen LogP contribution in [0.4, 0.5) is 21.6 Å². The molecule has 11 heteroatoms. The molecule has 2 aliphatic heterocycles. The van der Waals surface area contributed by atoms with Gasteiger partial charge in [-0.15, -0.1) is 0 Å². The van der Waals surface area contributed by atoms with Gasteiger partial charge in [-0.2, -0.15) is 0 Å². The third-order valence-electron chi connectivity index (χ3n) is 12.0. The van der Waals surface area contributed by atoms with E-state index in [-0.39, 0.29) is 35.1 Å². The van der Waals surface area contributed by atoms with Crippen LogP contribution in [0, 0.1) is 12.7 Å². The molecule has 1 aromatic carbocycles. The molecular weight excluding hydrogens is 643 g/mol. The van der Waals surface area contributed by atoms with E-state index in [9.17, 15) is 9.59 Å². The molecule has 3 aromatic heterocycles. The van der Waals surface area contributed by atoms with Crippen LogP contribution in [0.15, 0.2) is 36.8 Å². The minimum absolute atomic E-state index is 0.0656. The number of benzene rings is 1. The molecule has 1 saturated heterocycles. The predicted molar refractivity (Wildman–Crippen MR) is 198 cm³/mol. The minimum atomic E-state index is -0.729. The molecule has 2 aliphatic carbocycles. The van der Waals surface area contributed by atoms with Crippen LogP contribution >= 0.6 is 0 Å². The van der Waals surface area contributed by atoms with Gasteiger partial charge in [-0.25, -0.2) is 14.4 Å². The molecule has 10 nitrogen and oxygen atoms in total. The fraction of sp³-hybridized carbons (Fsp3) is 0.525. The van der Waals surface area contributed by atoms with Gasteiger partial charge in [-0.1, -0.05) is 13.3 Å². The van der Waals surface area contributed by atoms with Crippen molar-refractivity contribution in [3.05, 3.63) is 59.4 Å². The topological polar surface area (TPSA) is 108 Å². The number of pyridine rings is 2. The highest BCUT2D eigenvalue weighted by Gasteiger charge is 2.51. The number of carbonyl (C=O) groups excluding carboxylic acids is 2. The summed E-state index contributed by atoms with van der Waals surface area (Å²) in [5, 5.41) is 6.44. The zero-order valence-corrected chi connectivity index (χ0v) is 30.6. The van der Waals surface area contributed by atoms with E-state index in [0.29, 0.717) is 34.2 Å². The zero-order valence-electron chi connectivity index (χ0n) is 30.6. The van der Waals surface area contributed by atoms with Gasteiger partial charge in [-0.3, -0.25) is 14.6 Å². The van der Waals surface area contributed by atoms with E-state index in [1.807, 2.05) is 35.4 Å². The number of imidazole rings is 1. The van der Waals surface area contributed by atoms with Gasteiger partial charge in [0.25, 0.3) is 5.91 Å². The Balaban J connectivity index is 1.15. The lowest BCUT2D eigenvalue weighted by atomic mass is 9.83. The number of aryl methyl sites for hydroxylation is 1. The van der Waals surface area contributed by atoms with E-state index in [2.05, 4.69) is 36.3 Å². The maximum atomic E-state index is 15.7. The SMILES string of the molecule is CCC1(NC(=O)c2cc(Nc3nc(-c4cnc5c(c4)N(C4CC(N6CCCCC6)C4)C(=O)C5(C)C)cc4ncn(C(C)C)c34)c(F)cc2C)CC1. The number of anilines is 3. The van der Waals surface area contributed by atoms with Crippen molar-refractivity contribution in [2.75, 3.05) is 23.3 Å². The number of aromatic nitrogens is 4. The van der Waals surface area contributed by atoms with Crippen LogP contribution < -0.4 is 15.5 Å². The number of amides is 2. The highest BCUT2D eigenvalue weighted by molar-refractivity contribution is 6.08. The number of rotatable bonds is 9. The van der Waals surface area contributed by atoms with E-state index in [4.69, 9.17) is 15.0 Å². The summed E-state index contributed by atoms with van der Waals surface area (Å²) in [6.07, 6.45) is 12.1. The molecule has 2 saturated carbocycles. The number of hydrogen-bond donors (Lipinski definition) is 2. The molecular formula is C40H49FN8O2. The largest absolute Gasteiger partial charge is 0.347 e.